The van der Waals surface area contributed by atoms with Gasteiger partial charge < -0.3 is 15.6 Å². The van der Waals surface area contributed by atoms with Crippen LogP contribution in [-0.2, 0) is 9.53 Å². The van der Waals surface area contributed by atoms with Gasteiger partial charge in [0.15, 0.2) is 5.60 Å². The van der Waals surface area contributed by atoms with E-state index >= 15 is 0 Å². The third kappa shape index (κ3) is 2.43. The lowest BCUT2D eigenvalue weighted by molar-refractivity contribution is -0.243. The van der Waals surface area contributed by atoms with Crippen LogP contribution in [0.25, 0.3) is 0 Å². The molecule has 0 radical (unpaired) electrons. The summed E-state index contributed by atoms with van der Waals surface area (Å²) in [6.45, 7) is 0.953. The first-order valence-electron chi connectivity index (χ1n) is 4.71. The Kier molecular flexibility index (Phi) is 4.11. The predicted molar refractivity (Wildman–Crippen MR) is 56.1 cm³/mol. The molecule has 3 atom stereocenters. The van der Waals surface area contributed by atoms with Crippen LogP contribution in [0.3, 0.4) is 0 Å². The number of thioether (sulfide) groups is 1. The fraction of sp³-hybridized carbons (Fsp3) is 0.667. The number of rotatable bonds is 4. The monoisotopic (exact) mass is 271 g/mol. The standard InChI is InChI=1S/C9H12F3NO3S/c1-5-8(15,9(10,11)12)6(3-17-5)7(13)2-16-4-14/h3-5,7,15H,2,13H2,1H3. The van der Waals surface area contributed by atoms with Gasteiger partial charge in [-0.05, 0) is 17.9 Å². The van der Waals surface area contributed by atoms with E-state index in [9.17, 15) is 23.1 Å². The van der Waals surface area contributed by atoms with Crippen LogP contribution in [0.4, 0.5) is 13.2 Å². The fourth-order valence-corrected chi connectivity index (χ4v) is 2.77. The van der Waals surface area contributed by atoms with Crippen molar-refractivity contribution >= 4 is 18.2 Å². The van der Waals surface area contributed by atoms with Crippen LogP contribution in [0.1, 0.15) is 6.92 Å². The van der Waals surface area contributed by atoms with Crippen molar-refractivity contribution in [3.05, 3.63) is 11.0 Å². The minimum Gasteiger partial charge on any atom is -0.466 e. The normalized spacial score (nSPS) is 30.9. The Morgan fingerprint density at radius 2 is 2.35 bits per heavy atom. The molecule has 8 heteroatoms. The number of alkyl halides is 3. The minimum absolute atomic E-state index is 0.0958. The highest BCUT2D eigenvalue weighted by Gasteiger charge is 2.62. The molecule has 17 heavy (non-hydrogen) atoms. The maximum Gasteiger partial charge on any atom is 0.422 e. The Bertz CT molecular complexity index is 334. The summed E-state index contributed by atoms with van der Waals surface area (Å²) in [5.74, 6) is 0. The number of ether oxygens (including phenoxy) is 1. The molecule has 0 fully saturated rings. The predicted octanol–water partition coefficient (Wildman–Crippen LogP) is 0.799. The molecule has 1 aliphatic rings. The Hall–Kier alpha value is -0.730. The number of carbonyl (C=O) groups excluding carboxylic acids is 1. The average molecular weight is 271 g/mol. The average Bonchev–Trinajstić information content (AvgIpc) is 2.53. The highest BCUT2D eigenvalue weighted by atomic mass is 32.2. The summed E-state index contributed by atoms with van der Waals surface area (Å²) in [5, 5.41) is 9.88. The van der Waals surface area contributed by atoms with Crippen molar-refractivity contribution in [1.29, 1.82) is 0 Å². The number of nitrogens with two attached hydrogens (primary N) is 1. The van der Waals surface area contributed by atoms with E-state index in [1.165, 1.54) is 12.3 Å². The fourth-order valence-electron chi connectivity index (χ4n) is 1.60. The van der Waals surface area contributed by atoms with Crippen LogP contribution in [-0.4, -0.2) is 41.3 Å². The molecule has 0 aromatic heterocycles. The van der Waals surface area contributed by atoms with Crippen molar-refractivity contribution in [2.45, 2.75) is 30.0 Å². The van der Waals surface area contributed by atoms with Crippen molar-refractivity contribution in [1.82, 2.24) is 0 Å². The Morgan fingerprint density at radius 3 is 2.82 bits per heavy atom. The van der Waals surface area contributed by atoms with Crippen LogP contribution in [0.15, 0.2) is 11.0 Å². The van der Waals surface area contributed by atoms with Gasteiger partial charge in [0.05, 0.1) is 6.04 Å². The van der Waals surface area contributed by atoms with E-state index in [0.29, 0.717) is 0 Å². The molecule has 0 aromatic carbocycles. The largest absolute Gasteiger partial charge is 0.466 e. The molecule has 3 N–H and O–H groups in total. The van der Waals surface area contributed by atoms with E-state index in [4.69, 9.17) is 5.73 Å². The van der Waals surface area contributed by atoms with Crippen LogP contribution in [0, 0.1) is 0 Å². The van der Waals surface area contributed by atoms with E-state index in [1.807, 2.05) is 0 Å². The quantitative estimate of drug-likeness (QED) is 0.740. The Morgan fingerprint density at radius 1 is 1.76 bits per heavy atom. The third-order valence-electron chi connectivity index (χ3n) is 2.60. The van der Waals surface area contributed by atoms with E-state index in [2.05, 4.69) is 4.74 Å². The van der Waals surface area contributed by atoms with Gasteiger partial charge in [-0.1, -0.05) is 0 Å². The van der Waals surface area contributed by atoms with Crippen molar-refractivity contribution < 1.29 is 27.8 Å². The van der Waals surface area contributed by atoms with Crippen LogP contribution >= 0.6 is 11.8 Å². The zero-order chi connectivity index (χ0) is 13.3. The summed E-state index contributed by atoms with van der Waals surface area (Å²) in [7, 11) is 0. The SMILES string of the molecule is CC1SC=C(C(N)COC=O)C1(O)C(F)(F)F. The second kappa shape index (κ2) is 4.87. The lowest BCUT2D eigenvalue weighted by Gasteiger charge is -2.34. The molecule has 98 valence electrons. The smallest absolute Gasteiger partial charge is 0.422 e. The van der Waals surface area contributed by atoms with Crippen molar-refractivity contribution in [3.8, 4) is 0 Å². The molecule has 0 saturated carbocycles. The van der Waals surface area contributed by atoms with Gasteiger partial charge in [-0.25, -0.2) is 0 Å². The van der Waals surface area contributed by atoms with E-state index < -0.39 is 29.7 Å². The lowest BCUT2D eigenvalue weighted by Crippen LogP contribution is -2.55. The summed E-state index contributed by atoms with van der Waals surface area (Å²) >= 11 is 0.845. The summed E-state index contributed by atoms with van der Waals surface area (Å²) < 4.78 is 42.9. The summed E-state index contributed by atoms with van der Waals surface area (Å²) in [6.07, 6.45) is -4.82. The highest BCUT2D eigenvalue weighted by Crippen LogP contribution is 2.49. The molecule has 0 amide bonds. The van der Waals surface area contributed by atoms with Gasteiger partial charge in [0.1, 0.15) is 6.61 Å². The first-order valence-corrected chi connectivity index (χ1v) is 5.65. The van der Waals surface area contributed by atoms with Gasteiger partial charge in [-0.15, -0.1) is 11.8 Å². The van der Waals surface area contributed by atoms with Crippen LogP contribution in [0.2, 0.25) is 0 Å². The minimum atomic E-state index is -4.82. The molecule has 3 unspecified atom stereocenters. The number of aliphatic hydroxyl groups is 1. The number of carbonyl (C=O) groups is 1. The second-order valence-corrected chi connectivity index (χ2v) is 4.87. The van der Waals surface area contributed by atoms with E-state index in [0.717, 1.165) is 11.8 Å². The van der Waals surface area contributed by atoms with Crippen LogP contribution in [0.5, 0.6) is 0 Å². The highest BCUT2D eigenvalue weighted by molar-refractivity contribution is 8.03. The van der Waals surface area contributed by atoms with Gasteiger partial charge in [0.25, 0.3) is 6.47 Å². The maximum atomic E-state index is 12.9. The van der Waals surface area contributed by atoms with E-state index in [-0.39, 0.29) is 12.0 Å². The van der Waals surface area contributed by atoms with Crippen molar-refractivity contribution in [2.24, 2.45) is 5.73 Å². The molecule has 1 aliphatic heterocycles. The number of hydrogen-bond acceptors (Lipinski definition) is 5. The van der Waals surface area contributed by atoms with Crippen molar-refractivity contribution in [3.63, 3.8) is 0 Å². The molecule has 0 bridgehead atoms. The Balaban J connectivity index is 2.95. The summed E-state index contributed by atoms with van der Waals surface area (Å²) in [6, 6.07) is -1.18. The Labute approximate surface area is 100.0 Å². The number of halogens is 3. The topological polar surface area (TPSA) is 72.5 Å². The number of hydrogen-bond donors (Lipinski definition) is 2. The molecule has 0 saturated heterocycles. The molecule has 1 heterocycles. The molecule has 0 aliphatic carbocycles. The maximum absolute atomic E-state index is 12.9. The second-order valence-electron chi connectivity index (χ2n) is 3.65. The summed E-state index contributed by atoms with van der Waals surface area (Å²) in [4.78, 5) is 9.96. The summed E-state index contributed by atoms with van der Waals surface area (Å²) in [5.41, 5.74) is 2.13. The van der Waals surface area contributed by atoms with Gasteiger partial charge in [0, 0.05) is 5.25 Å². The van der Waals surface area contributed by atoms with Crippen molar-refractivity contribution in [2.75, 3.05) is 6.61 Å². The third-order valence-corrected chi connectivity index (χ3v) is 3.74. The molecule has 0 aromatic rings. The molecule has 1 rings (SSSR count). The van der Waals surface area contributed by atoms with Gasteiger partial charge in [-0.2, -0.15) is 13.2 Å². The zero-order valence-electron chi connectivity index (χ0n) is 8.90. The molecule has 4 nitrogen and oxygen atoms in total. The van der Waals surface area contributed by atoms with E-state index in [1.54, 1.807) is 0 Å². The molecule has 0 spiro atoms. The molecular formula is C9H12F3NO3S. The lowest BCUT2D eigenvalue weighted by atomic mass is 9.87. The zero-order valence-corrected chi connectivity index (χ0v) is 9.72. The van der Waals surface area contributed by atoms with Gasteiger partial charge in [-0.3, -0.25) is 4.79 Å². The van der Waals surface area contributed by atoms with Gasteiger partial charge in [0.2, 0.25) is 0 Å². The first-order chi connectivity index (χ1) is 7.75. The first kappa shape index (κ1) is 14.3. The van der Waals surface area contributed by atoms with Gasteiger partial charge >= 0.3 is 6.18 Å². The van der Waals surface area contributed by atoms with Crippen LogP contribution < -0.4 is 5.73 Å². The molecular weight excluding hydrogens is 259 g/mol.